The van der Waals surface area contributed by atoms with Crippen molar-refractivity contribution < 1.29 is 13.7 Å². The van der Waals surface area contributed by atoms with Crippen LogP contribution in [0.5, 0.6) is 0 Å². The molecule has 11 heteroatoms. The summed E-state index contributed by atoms with van der Waals surface area (Å²) in [5, 5.41) is 12.1. The first-order chi connectivity index (χ1) is 15.7. The Morgan fingerprint density at radius 3 is 2.79 bits per heavy atom. The van der Waals surface area contributed by atoms with Crippen molar-refractivity contribution in [1.82, 2.24) is 10.3 Å². The molecule has 2 unspecified atom stereocenters. The van der Waals surface area contributed by atoms with Crippen molar-refractivity contribution >= 4 is 27.5 Å². The first kappa shape index (κ1) is 23.7. The topological polar surface area (TPSA) is 157 Å². The van der Waals surface area contributed by atoms with Crippen LogP contribution in [0.1, 0.15) is 56.1 Å². The minimum atomic E-state index is -3.66. The van der Waals surface area contributed by atoms with Gasteiger partial charge in [-0.3, -0.25) is 4.98 Å². The highest BCUT2D eigenvalue weighted by molar-refractivity contribution is 7.96. The van der Waals surface area contributed by atoms with Crippen LogP contribution < -0.4 is 21.5 Å². The average Bonchev–Trinajstić information content (AvgIpc) is 3.34. The monoisotopic (exact) mass is 475 g/mol. The number of hydrogen-bond acceptors (Lipinski definition) is 7. The predicted molar refractivity (Wildman–Crippen MR) is 129 cm³/mol. The number of aromatic nitrogens is 1. The molecular weight excluding hydrogens is 442 g/mol. The van der Waals surface area contributed by atoms with Gasteiger partial charge in [-0.1, -0.05) is 20.8 Å². The maximum atomic E-state index is 13.2. The number of aryl methyl sites for hydroxylation is 1. The van der Waals surface area contributed by atoms with Crippen LogP contribution in [0.4, 0.5) is 10.5 Å². The minimum absolute atomic E-state index is 0.0481. The molecule has 180 valence electrons. The number of pyridine rings is 1. The maximum absolute atomic E-state index is 13.2. The quantitative estimate of drug-likeness (QED) is 0.509. The summed E-state index contributed by atoms with van der Waals surface area (Å²) < 4.78 is 22.6. The molecular formula is C22H33N7O3S. The fourth-order valence-corrected chi connectivity index (χ4v) is 5.72. The van der Waals surface area contributed by atoms with E-state index in [9.17, 15) is 9.00 Å². The summed E-state index contributed by atoms with van der Waals surface area (Å²) in [5.41, 5.74) is 10.5. The zero-order valence-corrected chi connectivity index (χ0v) is 20.3. The van der Waals surface area contributed by atoms with E-state index in [0.717, 1.165) is 73.1 Å². The smallest absolute Gasteiger partial charge is 0.354 e. The van der Waals surface area contributed by atoms with Crippen LogP contribution in [0, 0.1) is 0 Å². The number of nitrogens with zero attached hydrogens (tertiary/aromatic N) is 3. The largest absolute Gasteiger partial charge is 0.475 e. The number of hydrogen-bond donors (Lipinski definition) is 4. The number of nitrogens with two attached hydrogens (primary N) is 2. The molecule has 1 aromatic rings. The van der Waals surface area contributed by atoms with Gasteiger partial charge in [0, 0.05) is 17.3 Å². The van der Waals surface area contributed by atoms with Crippen molar-refractivity contribution in [3.63, 3.8) is 0 Å². The molecule has 2 aliphatic carbocycles. The van der Waals surface area contributed by atoms with Gasteiger partial charge in [-0.05, 0) is 49.8 Å². The molecule has 0 radical (unpaired) electrons. The van der Waals surface area contributed by atoms with Crippen LogP contribution in [-0.2, 0) is 39.3 Å². The molecule has 33 heavy (non-hydrogen) atoms. The van der Waals surface area contributed by atoms with E-state index in [1.807, 2.05) is 6.92 Å². The fraction of sp³-hybridized carbons (Fsp3) is 0.591. The maximum Gasteiger partial charge on any atom is 0.354 e. The number of nitrogens with one attached hydrogen (secondary N) is 2. The number of urea groups is 1. The van der Waals surface area contributed by atoms with Crippen molar-refractivity contribution in [2.75, 3.05) is 25.0 Å². The molecule has 10 nitrogen and oxygen atoms in total. The second-order valence-electron chi connectivity index (χ2n) is 9.31. The van der Waals surface area contributed by atoms with Crippen molar-refractivity contribution in [3.8, 4) is 0 Å². The highest BCUT2D eigenvalue weighted by atomic mass is 32.2. The van der Waals surface area contributed by atoms with Crippen LogP contribution >= 0.6 is 0 Å². The van der Waals surface area contributed by atoms with Crippen LogP contribution in [0.3, 0.4) is 0 Å². The Bertz CT molecular complexity index is 1150. The van der Waals surface area contributed by atoms with Crippen LogP contribution in [0.2, 0.25) is 0 Å². The van der Waals surface area contributed by atoms with Gasteiger partial charge in [-0.25, -0.2) is 19.1 Å². The van der Waals surface area contributed by atoms with E-state index in [0.29, 0.717) is 13.2 Å². The van der Waals surface area contributed by atoms with E-state index >= 15 is 0 Å². The number of anilines is 1. The molecule has 6 N–H and O–H groups in total. The second kappa shape index (κ2) is 9.03. The SMILES string of the molecule is CCNC1CN=C(/C(=C\N)S(N)(=O)=NC(=O)Nc2c3c(nc4c2CCC4(C)C)CCC3)OC1. The first-order valence-corrected chi connectivity index (χ1v) is 13.0. The zero-order valence-electron chi connectivity index (χ0n) is 19.4. The first-order valence-electron chi connectivity index (χ1n) is 11.4. The Morgan fingerprint density at radius 1 is 1.33 bits per heavy atom. The van der Waals surface area contributed by atoms with E-state index in [1.54, 1.807) is 0 Å². The molecule has 2 atom stereocenters. The third-order valence-electron chi connectivity index (χ3n) is 6.46. The van der Waals surface area contributed by atoms with Gasteiger partial charge in [0.15, 0.2) is 9.92 Å². The van der Waals surface area contributed by atoms with Crippen molar-refractivity contribution in [1.29, 1.82) is 0 Å². The number of likely N-dealkylation sites (N-methyl/N-ethyl adjacent to an activating group) is 1. The molecule has 0 spiro atoms. The molecule has 0 bridgehead atoms. The lowest BCUT2D eigenvalue weighted by Crippen LogP contribution is -2.41. The lowest BCUT2D eigenvalue weighted by atomic mass is 9.90. The summed E-state index contributed by atoms with van der Waals surface area (Å²) in [6, 6.07) is -0.733. The van der Waals surface area contributed by atoms with Crippen molar-refractivity contribution in [2.24, 2.45) is 20.2 Å². The van der Waals surface area contributed by atoms with Crippen molar-refractivity contribution in [2.45, 2.75) is 64.3 Å². The van der Waals surface area contributed by atoms with Crippen LogP contribution in [-0.4, -0.2) is 46.9 Å². The number of fused-ring (bicyclic) bond motifs is 2. The summed E-state index contributed by atoms with van der Waals surface area (Å²) in [4.78, 5) is 22.0. The number of ether oxygens (including phenoxy) is 1. The lowest BCUT2D eigenvalue weighted by molar-refractivity contribution is 0.239. The number of carbonyl (C=O) groups is 1. The molecule has 0 saturated carbocycles. The number of aliphatic imine (C=N–C) groups is 1. The predicted octanol–water partition coefficient (Wildman–Crippen LogP) is 1.87. The lowest BCUT2D eigenvalue weighted by Gasteiger charge is -2.23. The third kappa shape index (κ3) is 4.62. The van der Waals surface area contributed by atoms with Gasteiger partial charge < -0.3 is 21.1 Å². The molecule has 2 heterocycles. The van der Waals surface area contributed by atoms with Crippen LogP contribution in [0.25, 0.3) is 0 Å². The molecule has 0 fully saturated rings. The summed E-state index contributed by atoms with van der Waals surface area (Å²) in [6.07, 6.45) is 5.55. The summed E-state index contributed by atoms with van der Waals surface area (Å²) in [6.45, 7) is 7.85. The van der Waals surface area contributed by atoms with Crippen LogP contribution in [0.15, 0.2) is 20.5 Å². The molecule has 2 amide bonds. The number of amides is 2. The molecule has 0 aromatic carbocycles. The number of rotatable bonds is 5. The van der Waals surface area contributed by atoms with Gasteiger partial charge in [0.1, 0.15) is 11.5 Å². The molecule has 4 rings (SSSR count). The van der Waals surface area contributed by atoms with Crippen molar-refractivity contribution in [3.05, 3.63) is 33.6 Å². The average molecular weight is 476 g/mol. The van der Waals surface area contributed by atoms with E-state index in [-0.39, 0.29) is 22.3 Å². The minimum Gasteiger partial charge on any atom is -0.475 e. The van der Waals surface area contributed by atoms with E-state index in [2.05, 4.69) is 33.8 Å². The van der Waals surface area contributed by atoms with Gasteiger partial charge in [0.05, 0.1) is 24.0 Å². The summed E-state index contributed by atoms with van der Waals surface area (Å²) in [5.74, 6) is 0.0585. The Morgan fingerprint density at radius 2 is 2.12 bits per heavy atom. The van der Waals surface area contributed by atoms with Gasteiger partial charge in [0.2, 0.25) is 5.90 Å². The Labute approximate surface area is 195 Å². The summed E-state index contributed by atoms with van der Waals surface area (Å²) >= 11 is 0. The Kier molecular flexibility index (Phi) is 6.47. The normalized spacial score (nSPS) is 23.1. The molecule has 3 aliphatic rings. The second-order valence-corrected chi connectivity index (χ2v) is 11.1. The van der Waals surface area contributed by atoms with E-state index < -0.39 is 15.9 Å². The summed E-state index contributed by atoms with van der Waals surface area (Å²) in [7, 11) is -3.66. The van der Waals surface area contributed by atoms with E-state index in [4.69, 9.17) is 20.6 Å². The van der Waals surface area contributed by atoms with Gasteiger partial charge in [-0.15, -0.1) is 4.36 Å². The molecule has 0 saturated heterocycles. The number of carbonyl (C=O) groups excluding carboxylic acids is 1. The van der Waals surface area contributed by atoms with Gasteiger partial charge in [0.25, 0.3) is 0 Å². The highest BCUT2D eigenvalue weighted by Crippen LogP contribution is 2.44. The standard InChI is InChI=1S/C22H33N7O3S/c1-4-25-13-11-26-20(32-12-13)17(10-23)33(24,31)29-21(30)28-18-14-6-5-7-16(14)27-19-15(18)8-9-22(19,2)3/h10,13,25H,4-9,11-12,23H2,1-3H3,(H3,24,27,28,29,30,31)/b17-10+. The molecule has 1 aromatic heterocycles. The third-order valence-corrected chi connectivity index (χ3v) is 7.84. The highest BCUT2D eigenvalue weighted by Gasteiger charge is 2.36. The van der Waals surface area contributed by atoms with E-state index in [1.165, 1.54) is 0 Å². The molecule has 1 aliphatic heterocycles. The zero-order chi connectivity index (χ0) is 23.8. The van der Waals surface area contributed by atoms with Gasteiger partial charge >= 0.3 is 6.03 Å². The fourth-order valence-electron chi connectivity index (χ4n) is 4.76. The Hall–Kier alpha value is -2.50. The Balaban J connectivity index is 1.61. The van der Waals surface area contributed by atoms with Gasteiger partial charge in [-0.2, -0.15) is 0 Å².